The summed E-state index contributed by atoms with van der Waals surface area (Å²) in [5.74, 6) is 0. The number of hydrogen-bond acceptors (Lipinski definition) is 2. The molecule has 0 bridgehead atoms. The van der Waals surface area contributed by atoms with Crippen LogP contribution < -0.4 is 5.32 Å². The Hall–Kier alpha value is -0.770. The van der Waals surface area contributed by atoms with Crippen LogP contribution in [-0.4, -0.2) is 41.8 Å². The number of carbonyl (C=O) groups excluding carboxylic acids is 1. The van der Waals surface area contributed by atoms with Crippen molar-refractivity contribution in [2.75, 3.05) is 19.6 Å². The second-order valence-corrected chi connectivity index (χ2v) is 3.47. The van der Waals surface area contributed by atoms with E-state index in [1.165, 1.54) is 0 Å². The molecule has 4 nitrogen and oxygen atoms in total. The first-order chi connectivity index (χ1) is 6.24. The molecule has 1 heterocycles. The summed E-state index contributed by atoms with van der Waals surface area (Å²) < 4.78 is 0. The van der Waals surface area contributed by atoms with Crippen molar-refractivity contribution in [1.29, 1.82) is 0 Å². The zero-order valence-corrected chi connectivity index (χ0v) is 8.12. The Morgan fingerprint density at radius 2 is 2.46 bits per heavy atom. The van der Waals surface area contributed by atoms with E-state index in [1.807, 2.05) is 6.92 Å². The van der Waals surface area contributed by atoms with E-state index < -0.39 is 0 Å². The number of nitrogens with zero attached hydrogens (tertiary/aromatic N) is 1. The van der Waals surface area contributed by atoms with Crippen LogP contribution in [0.1, 0.15) is 26.2 Å². The lowest BCUT2D eigenvalue weighted by molar-refractivity contribution is 0.0843. The Bertz CT molecular complexity index is 173. The normalized spacial score (nSPS) is 22.9. The molecular weight excluding hydrogens is 168 g/mol. The minimum atomic E-state index is -0.332. The van der Waals surface area contributed by atoms with Crippen molar-refractivity contribution in [2.45, 2.75) is 32.3 Å². The van der Waals surface area contributed by atoms with E-state index in [0.717, 1.165) is 25.8 Å². The Morgan fingerprint density at radius 1 is 1.69 bits per heavy atom. The molecule has 4 heteroatoms. The molecule has 0 aromatic rings. The molecule has 13 heavy (non-hydrogen) atoms. The van der Waals surface area contributed by atoms with Crippen LogP contribution in [0.4, 0.5) is 4.79 Å². The average Bonchev–Trinajstić information content (AvgIpc) is 2.14. The third-order valence-electron chi connectivity index (χ3n) is 2.21. The molecule has 0 aromatic carbocycles. The molecule has 0 saturated carbocycles. The number of nitrogens with one attached hydrogen (secondary N) is 1. The fourth-order valence-corrected chi connectivity index (χ4v) is 1.48. The van der Waals surface area contributed by atoms with Crippen LogP contribution >= 0.6 is 0 Å². The summed E-state index contributed by atoms with van der Waals surface area (Å²) in [7, 11) is 0. The minimum Gasteiger partial charge on any atom is -0.391 e. The molecule has 0 spiro atoms. The van der Waals surface area contributed by atoms with Gasteiger partial charge < -0.3 is 15.3 Å². The monoisotopic (exact) mass is 186 g/mol. The lowest BCUT2D eigenvalue weighted by Crippen LogP contribution is -2.47. The molecule has 1 rings (SSSR count). The van der Waals surface area contributed by atoms with Gasteiger partial charge >= 0.3 is 6.03 Å². The number of piperidine rings is 1. The maximum Gasteiger partial charge on any atom is 0.317 e. The van der Waals surface area contributed by atoms with Gasteiger partial charge in [-0.05, 0) is 19.3 Å². The van der Waals surface area contributed by atoms with Gasteiger partial charge in [0.1, 0.15) is 0 Å². The minimum absolute atomic E-state index is 0.0411. The molecule has 1 atom stereocenters. The summed E-state index contributed by atoms with van der Waals surface area (Å²) in [6.45, 7) is 3.99. The first-order valence-electron chi connectivity index (χ1n) is 4.95. The highest BCUT2D eigenvalue weighted by Crippen LogP contribution is 2.09. The van der Waals surface area contributed by atoms with Gasteiger partial charge in [0.15, 0.2) is 0 Å². The predicted octanol–water partition coefficient (Wildman–Crippen LogP) is 0.563. The molecule has 0 unspecified atom stereocenters. The zero-order valence-electron chi connectivity index (χ0n) is 8.12. The van der Waals surface area contributed by atoms with Crippen molar-refractivity contribution in [1.82, 2.24) is 10.2 Å². The van der Waals surface area contributed by atoms with E-state index in [4.69, 9.17) is 0 Å². The van der Waals surface area contributed by atoms with Gasteiger partial charge in [-0.25, -0.2) is 4.79 Å². The third kappa shape index (κ3) is 3.22. The van der Waals surface area contributed by atoms with Gasteiger partial charge in [-0.3, -0.25) is 0 Å². The highest BCUT2D eigenvalue weighted by molar-refractivity contribution is 5.74. The second kappa shape index (κ2) is 5.07. The molecule has 2 N–H and O–H groups in total. The molecule has 76 valence electrons. The molecule has 0 radical (unpaired) electrons. The smallest absolute Gasteiger partial charge is 0.317 e. The molecule has 2 amide bonds. The quantitative estimate of drug-likeness (QED) is 0.662. The van der Waals surface area contributed by atoms with Gasteiger partial charge in [-0.2, -0.15) is 0 Å². The van der Waals surface area contributed by atoms with E-state index in [1.54, 1.807) is 4.90 Å². The molecule has 1 aliphatic heterocycles. The van der Waals surface area contributed by atoms with Crippen LogP contribution in [0.25, 0.3) is 0 Å². The Balaban J connectivity index is 2.28. The van der Waals surface area contributed by atoms with Crippen molar-refractivity contribution in [2.24, 2.45) is 0 Å². The lowest BCUT2D eigenvalue weighted by atomic mass is 10.1. The van der Waals surface area contributed by atoms with Crippen molar-refractivity contribution < 1.29 is 9.90 Å². The summed E-state index contributed by atoms with van der Waals surface area (Å²) in [5.41, 5.74) is 0. The number of aliphatic hydroxyl groups excluding tert-OH is 1. The number of β-amino-alcohol motifs (C(OH)–C–C–N with tert-alkyl or cyclic N) is 1. The van der Waals surface area contributed by atoms with Gasteiger partial charge in [0, 0.05) is 19.6 Å². The van der Waals surface area contributed by atoms with Crippen LogP contribution in [0.15, 0.2) is 0 Å². The van der Waals surface area contributed by atoms with Gasteiger partial charge in [0.25, 0.3) is 0 Å². The standard InChI is InChI=1S/C9H18N2O2/c1-2-5-10-9(13)11-6-3-4-8(12)7-11/h8,12H,2-7H2,1H3,(H,10,13)/t8-/m1/s1. The zero-order chi connectivity index (χ0) is 9.68. The summed E-state index contributed by atoms with van der Waals surface area (Å²) >= 11 is 0. The summed E-state index contributed by atoms with van der Waals surface area (Å²) in [6, 6.07) is -0.0411. The second-order valence-electron chi connectivity index (χ2n) is 3.47. The highest BCUT2D eigenvalue weighted by Gasteiger charge is 2.21. The average molecular weight is 186 g/mol. The fraction of sp³-hybridized carbons (Fsp3) is 0.889. The topological polar surface area (TPSA) is 52.6 Å². The number of amides is 2. The maximum absolute atomic E-state index is 11.4. The first-order valence-corrected chi connectivity index (χ1v) is 4.95. The van der Waals surface area contributed by atoms with Crippen LogP contribution in [0.5, 0.6) is 0 Å². The van der Waals surface area contributed by atoms with Crippen LogP contribution in [0.2, 0.25) is 0 Å². The van der Waals surface area contributed by atoms with E-state index in [2.05, 4.69) is 5.32 Å². The molecule has 0 aromatic heterocycles. The number of likely N-dealkylation sites (tertiary alicyclic amines) is 1. The number of urea groups is 1. The van der Waals surface area contributed by atoms with Crippen LogP contribution in [0.3, 0.4) is 0 Å². The van der Waals surface area contributed by atoms with Crippen LogP contribution in [0, 0.1) is 0 Å². The summed E-state index contributed by atoms with van der Waals surface area (Å²) in [5, 5.41) is 12.1. The molecule has 1 fully saturated rings. The number of carbonyl (C=O) groups is 1. The van der Waals surface area contributed by atoms with E-state index in [-0.39, 0.29) is 12.1 Å². The Morgan fingerprint density at radius 3 is 3.08 bits per heavy atom. The van der Waals surface area contributed by atoms with E-state index in [9.17, 15) is 9.90 Å². The predicted molar refractivity (Wildman–Crippen MR) is 50.5 cm³/mol. The summed E-state index contributed by atoms with van der Waals surface area (Å²) in [6.07, 6.45) is 2.33. The molecular formula is C9H18N2O2. The molecule has 1 saturated heterocycles. The highest BCUT2D eigenvalue weighted by atomic mass is 16.3. The number of hydrogen-bond donors (Lipinski definition) is 2. The van der Waals surface area contributed by atoms with E-state index in [0.29, 0.717) is 13.1 Å². The SMILES string of the molecule is CCCNC(=O)N1CCC[C@@H](O)C1. The molecule has 1 aliphatic rings. The maximum atomic E-state index is 11.4. The van der Waals surface area contributed by atoms with Gasteiger partial charge in [-0.1, -0.05) is 6.92 Å². The van der Waals surface area contributed by atoms with Gasteiger partial charge in [0.2, 0.25) is 0 Å². The van der Waals surface area contributed by atoms with E-state index >= 15 is 0 Å². The van der Waals surface area contributed by atoms with Gasteiger partial charge in [-0.15, -0.1) is 0 Å². The number of rotatable bonds is 2. The van der Waals surface area contributed by atoms with Crippen molar-refractivity contribution >= 4 is 6.03 Å². The fourth-order valence-electron chi connectivity index (χ4n) is 1.48. The van der Waals surface area contributed by atoms with Crippen molar-refractivity contribution in [3.05, 3.63) is 0 Å². The van der Waals surface area contributed by atoms with Crippen molar-refractivity contribution in [3.63, 3.8) is 0 Å². The van der Waals surface area contributed by atoms with Gasteiger partial charge in [0.05, 0.1) is 6.10 Å². The largest absolute Gasteiger partial charge is 0.391 e. The Kier molecular flexibility index (Phi) is 4.02. The molecule has 0 aliphatic carbocycles. The number of aliphatic hydroxyl groups is 1. The third-order valence-corrected chi connectivity index (χ3v) is 2.21. The first kappa shape index (κ1) is 10.3. The Labute approximate surface area is 78.9 Å². The van der Waals surface area contributed by atoms with Crippen molar-refractivity contribution in [3.8, 4) is 0 Å². The summed E-state index contributed by atoms with van der Waals surface area (Å²) in [4.78, 5) is 13.1. The van der Waals surface area contributed by atoms with Crippen LogP contribution in [-0.2, 0) is 0 Å². The lowest BCUT2D eigenvalue weighted by Gasteiger charge is -2.30.